The Morgan fingerprint density at radius 3 is 2.85 bits per heavy atom. The molecule has 2 heterocycles. The van der Waals surface area contributed by atoms with Crippen molar-refractivity contribution in [2.45, 2.75) is 5.37 Å². The highest BCUT2D eigenvalue weighted by Gasteiger charge is 2.35. The number of benzene rings is 1. The number of amides is 1. The van der Waals surface area contributed by atoms with E-state index in [1.807, 2.05) is 12.1 Å². The lowest BCUT2D eigenvalue weighted by atomic mass is 10.2. The van der Waals surface area contributed by atoms with Gasteiger partial charge in [-0.2, -0.15) is 0 Å². The summed E-state index contributed by atoms with van der Waals surface area (Å²) in [6.07, 6.45) is 3.48. The zero-order chi connectivity index (χ0) is 14.1. The van der Waals surface area contributed by atoms with Gasteiger partial charge in [-0.1, -0.05) is 29.3 Å². The lowest BCUT2D eigenvalue weighted by Crippen LogP contribution is -2.28. The Kier molecular flexibility index (Phi) is 3.87. The van der Waals surface area contributed by atoms with Crippen molar-refractivity contribution in [2.75, 3.05) is 10.7 Å². The second kappa shape index (κ2) is 5.64. The van der Waals surface area contributed by atoms with Crippen LogP contribution in [0.15, 0.2) is 42.7 Å². The van der Waals surface area contributed by atoms with Crippen LogP contribution < -0.4 is 4.90 Å². The van der Waals surface area contributed by atoms with Crippen molar-refractivity contribution >= 4 is 46.6 Å². The van der Waals surface area contributed by atoms with E-state index in [1.54, 1.807) is 47.3 Å². The number of anilines is 1. The van der Waals surface area contributed by atoms with Gasteiger partial charge in [0.05, 0.1) is 16.5 Å². The first-order valence-corrected chi connectivity index (χ1v) is 7.76. The fraction of sp³-hybridized carbons (Fsp3) is 0.143. The van der Waals surface area contributed by atoms with Gasteiger partial charge in [0.1, 0.15) is 5.37 Å². The molecule has 0 unspecified atom stereocenters. The number of rotatable bonds is 2. The Labute approximate surface area is 130 Å². The molecule has 1 amide bonds. The summed E-state index contributed by atoms with van der Waals surface area (Å²) in [7, 11) is 0. The van der Waals surface area contributed by atoms with Gasteiger partial charge in [0, 0.05) is 23.0 Å². The van der Waals surface area contributed by atoms with Gasteiger partial charge >= 0.3 is 0 Å². The highest BCUT2D eigenvalue weighted by Crippen LogP contribution is 2.44. The van der Waals surface area contributed by atoms with E-state index in [2.05, 4.69) is 4.98 Å². The smallest absolute Gasteiger partial charge is 0.238 e. The van der Waals surface area contributed by atoms with Gasteiger partial charge in [-0.3, -0.25) is 14.7 Å². The molecule has 1 fully saturated rings. The van der Waals surface area contributed by atoms with Gasteiger partial charge in [0.25, 0.3) is 0 Å². The SMILES string of the molecule is O=C1CS[C@H](c2cccnc2)N1c1ccc(Cl)cc1Cl. The third kappa shape index (κ3) is 2.51. The van der Waals surface area contributed by atoms with Crippen LogP contribution in [0, 0.1) is 0 Å². The van der Waals surface area contributed by atoms with Crippen molar-refractivity contribution in [3.63, 3.8) is 0 Å². The molecule has 2 aromatic rings. The van der Waals surface area contributed by atoms with Gasteiger partial charge in [-0.25, -0.2) is 0 Å². The van der Waals surface area contributed by atoms with Crippen LogP contribution in [0.1, 0.15) is 10.9 Å². The molecule has 0 bridgehead atoms. The zero-order valence-electron chi connectivity index (χ0n) is 10.3. The lowest BCUT2D eigenvalue weighted by molar-refractivity contribution is -0.115. The maximum Gasteiger partial charge on any atom is 0.238 e. The summed E-state index contributed by atoms with van der Waals surface area (Å²) >= 11 is 13.7. The molecule has 3 rings (SSSR count). The normalized spacial score (nSPS) is 18.6. The fourth-order valence-electron chi connectivity index (χ4n) is 2.13. The van der Waals surface area contributed by atoms with Crippen LogP contribution in [-0.2, 0) is 4.79 Å². The number of nitrogens with zero attached hydrogens (tertiary/aromatic N) is 2. The summed E-state index contributed by atoms with van der Waals surface area (Å²) in [4.78, 5) is 18.0. The Balaban J connectivity index is 2.03. The van der Waals surface area contributed by atoms with Gasteiger partial charge in [0.2, 0.25) is 5.91 Å². The van der Waals surface area contributed by atoms with E-state index in [0.717, 1.165) is 5.56 Å². The van der Waals surface area contributed by atoms with E-state index < -0.39 is 0 Å². The van der Waals surface area contributed by atoms with Crippen LogP contribution in [0.25, 0.3) is 0 Å². The van der Waals surface area contributed by atoms with E-state index in [0.29, 0.717) is 21.5 Å². The summed E-state index contributed by atoms with van der Waals surface area (Å²) in [6.45, 7) is 0. The monoisotopic (exact) mass is 324 g/mol. The second-order valence-corrected chi connectivity index (χ2v) is 6.22. The van der Waals surface area contributed by atoms with E-state index in [9.17, 15) is 4.79 Å². The predicted molar refractivity (Wildman–Crippen MR) is 83.4 cm³/mol. The van der Waals surface area contributed by atoms with Gasteiger partial charge in [-0.05, 0) is 24.3 Å². The molecule has 20 heavy (non-hydrogen) atoms. The highest BCUT2D eigenvalue weighted by atomic mass is 35.5. The molecular weight excluding hydrogens is 315 g/mol. The van der Waals surface area contributed by atoms with Crippen LogP contribution in [-0.4, -0.2) is 16.6 Å². The minimum absolute atomic E-state index is 0.0353. The molecule has 1 aliphatic rings. The fourth-order valence-corrected chi connectivity index (χ4v) is 3.78. The maximum absolute atomic E-state index is 12.2. The molecule has 6 heteroatoms. The maximum atomic E-state index is 12.2. The predicted octanol–water partition coefficient (Wildman–Crippen LogP) is 4.17. The molecule has 1 aliphatic heterocycles. The first kappa shape index (κ1) is 13.7. The Morgan fingerprint density at radius 2 is 2.15 bits per heavy atom. The number of hydrogen-bond acceptors (Lipinski definition) is 3. The number of aromatic nitrogens is 1. The number of halogens is 2. The minimum atomic E-state index is -0.102. The van der Waals surface area contributed by atoms with E-state index >= 15 is 0 Å². The molecule has 0 spiro atoms. The van der Waals surface area contributed by atoms with Crippen molar-refractivity contribution in [2.24, 2.45) is 0 Å². The topological polar surface area (TPSA) is 33.2 Å². The van der Waals surface area contributed by atoms with Crippen molar-refractivity contribution in [1.82, 2.24) is 4.98 Å². The van der Waals surface area contributed by atoms with Crippen LogP contribution in [0.5, 0.6) is 0 Å². The Hall–Kier alpha value is -1.23. The minimum Gasteiger partial charge on any atom is -0.293 e. The van der Waals surface area contributed by atoms with Gasteiger partial charge < -0.3 is 0 Å². The van der Waals surface area contributed by atoms with E-state index in [-0.39, 0.29) is 11.3 Å². The average molecular weight is 325 g/mol. The standard InChI is InChI=1S/C14H10Cl2N2OS/c15-10-3-4-12(11(16)6-10)18-13(19)8-20-14(18)9-2-1-5-17-7-9/h1-7,14H,8H2/t14-/m1/s1. The molecule has 1 saturated heterocycles. The van der Waals surface area contributed by atoms with Crippen LogP contribution in [0.2, 0.25) is 10.0 Å². The molecular formula is C14H10Cl2N2OS. The molecule has 102 valence electrons. The number of carbonyl (C=O) groups excluding carboxylic acids is 1. The number of pyridine rings is 1. The third-order valence-electron chi connectivity index (χ3n) is 3.01. The van der Waals surface area contributed by atoms with E-state index in [1.165, 1.54) is 0 Å². The van der Waals surface area contributed by atoms with Crippen molar-refractivity contribution < 1.29 is 4.79 Å². The molecule has 1 atom stereocenters. The van der Waals surface area contributed by atoms with Crippen molar-refractivity contribution in [3.05, 3.63) is 58.3 Å². The molecule has 1 aromatic heterocycles. The summed E-state index contributed by atoms with van der Waals surface area (Å²) in [6, 6.07) is 8.98. The van der Waals surface area contributed by atoms with Crippen LogP contribution in [0.3, 0.4) is 0 Å². The summed E-state index contributed by atoms with van der Waals surface area (Å²) in [5, 5.41) is 0.924. The molecule has 0 saturated carbocycles. The van der Waals surface area contributed by atoms with Crippen molar-refractivity contribution in [3.8, 4) is 0 Å². The molecule has 1 aromatic carbocycles. The third-order valence-corrected chi connectivity index (χ3v) is 4.76. The number of thioether (sulfide) groups is 1. The van der Waals surface area contributed by atoms with Crippen LogP contribution in [0.4, 0.5) is 5.69 Å². The first-order chi connectivity index (χ1) is 9.66. The molecule has 3 nitrogen and oxygen atoms in total. The van der Waals surface area contributed by atoms with Crippen LogP contribution >= 0.6 is 35.0 Å². The molecule has 0 aliphatic carbocycles. The summed E-state index contributed by atoms with van der Waals surface area (Å²) < 4.78 is 0. The second-order valence-electron chi connectivity index (χ2n) is 4.31. The zero-order valence-corrected chi connectivity index (χ0v) is 12.6. The van der Waals surface area contributed by atoms with Crippen molar-refractivity contribution in [1.29, 1.82) is 0 Å². The highest BCUT2D eigenvalue weighted by molar-refractivity contribution is 8.00. The number of hydrogen-bond donors (Lipinski definition) is 0. The Bertz CT molecular complexity index is 651. The first-order valence-electron chi connectivity index (χ1n) is 5.95. The molecule has 0 N–H and O–H groups in total. The Morgan fingerprint density at radius 1 is 1.30 bits per heavy atom. The van der Waals surface area contributed by atoms with E-state index in [4.69, 9.17) is 23.2 Å². The lowest BCUT2D eigenvalue weighted by Gasteiger charge is -2.25. The summed E-state index contributed by atoms with van der Waals surface area (Å²) in [5.74, 6) is 0.464. The molecule has 0 radical (unpaired) electrons. The largest absolute Gasteiger partial charge is 0.293 e. The quantitative estimate of drug-likeness (QED) is 0.831. The average Bonchev–Trinajstić information content (AvgIpc) is 2.82. The summed E-state index contributed by atoms with van der Waals surface area (Å²) in [5.41, 5.74) is 1.66. The number of carbonyl (C=O) groups is 1. The van der Waals surface area contributed by atoms with Gasteiger partial charge in [-0.15, -0.1) is 11.8 Å². The van der Waals surface area contributed by atoms with Gasteiger partial charge in [0.15, 0.2) is 0 Å².